The highest BCUT2D eigenvalue weighted by molar-refractivity contribution is 7.89. The number of carbonyl (C=O) groups excluding carboxylic acids is 1. The van der Waals surface area contributed by atoms with Crippen molar-refractivity contribution in [3.05, 3.63) is 30.1 Å². The number of rotatable bonds is 4. The first-order valence-electron chi connectivity index (χ1n) is 10.1. The van der Waals surface area contributed by atoms with Crippen molar-refractivity contribution in [3.8, 4) is 0 Å². The third kappa shape index (κ3) is 4.55. The molecule has 3 rings (SSSR count). The van der Waals surface area contributed by atoms with Gasteiger partial charge in [0.05, 0.1) is 31.1 Å². The number of carbonyl (C=O) groups is 1. The molecule has 2 heterocycles. The van der Waals surface area contributed by atoms with E-state index < -0.39 is 15.8 Å². The quantitative estimate of drug-likeness (QED) is 0.788. The summed E-state index contributed by atoms with van der Waals surface area (Å²) >= 11 is 0. The van der Waals surface area contributed by atoms with Gasteiger partial charge in [0.1, 0.15) is 5.82 Å². The van der Waals surface area contributed by atoms with Crippen molar-refractivity contribution in [1.29, 1.82) is 0 Å². The molecule has 6 nitrogen and oxygen atoms in total. The molecule has 28 heavy (non-hydrogen) atoms. The lowest BCUT2D eigenvalue weighted by Crippen LogP contribution is -3.19. The van der Waals surface area contributed by atoms with Crippen LogP contribution in [0, 0.1) is 17.7 Å². The maximum absolute atomic E-state index is 13.4. The molecule has 2 aliphatic heterocycles. The van der Waals surface area contributed by atoms with Gasteiger partial charge in [-0.3, -0.25) is 4.79 Å². The summed E-state index contributed by atoms with van der Waals surface area (Å²) in [6.07, 6.45) is 1.15. The SMILES string of the molecule is C[C@H]1C[C@H](C)CN(C(=O)[C@@H](C)[NH+]2CCN(S(=O)(=O)c3cccc(F)c3)CC2)C1. The predicted octanol–water partition coefficient (Wildman–Crippen LogP) is 0.608. The van der Waals surface area contributed by atoms with Crippen LogP contribution in [0.3, 0.4) is 0 Å². The van der Waals surface area contributed by atoms with Gasteiger partial charge < -0.3 is 9.80 Å². The van der Waals surface area contributed by atoms with Gasteiger partial charge >= 0.3 is 0 Å². The molecular formula is C20H31FN3O3S+. The minimum absolute atomic E-state index is 0.0173. The molecule has 0 aromatic heterocycles. The molecule has 1 aromatic rings. The standard InChI is InChI=1S/C20H30FN3O3S/c1-15-11-16(2)14-23(13-15)20(25)17(3)22-7-9-24(10-8-22)28(26,27)19-6-4-5-18(21)12-19/h4-6,12,15-17H,7-11,13-14H2,1-3H3/p+1/t15-,16-,17+/m0/s1. The number of hydrogen-bond acceptors (Lipinski definition) is 3. The average Bonchev–Trinajstić information content (AvgIpc) is 2.66. The Kier molecular flexibility index (Phi) is 6.41. The Morgan fingerprint density at radius 2 is 1.79 bits per heavy atom. The lowest BCUT2D eigenvalue weighted by atomic mass is 9.91. The van der Waals surface area contributed by atoms with E-state index in [1.807, 2.05) is 11.8 Å². The van der Waals surface area contributed by atoms with E-state index in [1.54, 1.807) is 0 Å². The van der Waals surface area contributed by atoms with Crippen molar-refractivity contribution < 1.29 is 22.5 Å². The van der Waals surface area contributed by atoms with Crippen LogP contribution in [0.1, 0.15) is 27.2 Å². The first-order valence-corrected chi connectivity index (χ1v) is 11.5. The van der Waals surface area contributed by atoms with Gasteiger partial charge in [-0.05, 0) is 43.4 Å². The van der Waals surface area contributed by atoms with E-state index in [2.05, 4.69) is 13.8 Å². The molecule has 0 saturated carbocycles. The number of hydrogen-bond donors (Lipinski definition) is 1. The third-order valence-electron chi connectivity index (χ3n) is 5.96. The van der Waals surface area contributed by atoms with Gasteiger partial charge in [0.2, 0.25) is 10.0 Å². The van der Waals surface area contributed by atoms with Crippen molar-refractivity contribution in [3.63, 3.8) is 0 Å². The topological polar surface area (TPSA) is 62.1 Å². The van der Waals surface area contributed by atoms with Crippen LogP contribution in [-0.2, 0) is 14.8 Å². The number of nitrogens with one attached hydrogen (secondary N) is 1. The first kappa shape index (κ1) is 21.2. The summed E-state index contributed by atoms with van der Waals surface area (Å²) in [4.78, 5) is 16.0. The lowest BCUT2D eigenvalue weighted by Gasteiger charge is -2.39. The van der Waals surface area contributed by atoms with Crippen LogP contribution in [0.25, 0.3) is 0 Å². The van der Waals surface area contributed by atoms with Crippen LogP contribution in [-0.4, -0.2) is 68.8 Å². The fourth-order valence-corrected chi connectivity index (χ4v) is 5.99. The molecule has 8 heteroatoms. The number of halogens is 1. The second-order valence-electron chi connectivity index (χ2n) is 8.43. The highest BCUT2D eigenvalue weighted by Crippen LogP contribution is 2.21. The highest BCUT2D eigenvalue weighted by atomic mass is 32.2. The van der Waals surface area contributed by atoms with E-state index in [0.717, 1.165) is 30.5 Å². The van der Waals surface area contributed by atoms with E-state index in [0.29, 0.717) is 38.0 Å². The molecule has 2 fully saturated rings. The monoisotopic (exact) mass is 412 g/mol. The Hall–Kier alpha value is -1.51. The molecule has 0 radical (unpaired) electrons. The fraction of sp³-hybridized carbons (Fsp3) is 0.650. The molecule has 0 bridgehead atoms. The lowest BCUT2D eigenvalue weighted by molar-refractivity contribution is -0.918. The second kappa shape index (κ2) is 8.47. The molecule has 0 aliphatic carbocycles. The predicted molar refractivity (Wildman–Crippen MR) is 105 cm³/mol. The average molecular weight is 413 g/mol. The minimum atomic E-state index is -3.70. The molecule has 1 N–H and O–H groups in total. The van der Waals surface area contributed by atoms with E-state index in [4.69, 9.17) is 0 Å². The van der Waals surface area contributed by atoms with Crippen molar-refractivity contribution in [2.24, 2.45) is 11.8 Å². The molecule has 1 aromatic carbocycles. The van der Waals surface area contributed by atoms with E-state index in [-0.39, 0.29) is 16.8 Å². The van der Waals surface area contributed by atoms with Crippen LogP contribution >= 0.6 is 0 Å². The number of piperazine rings is 1. The zero-order valence-electron chi connectivity index (χ0n) is 16.9. The summed E-state index contributed by atoms with van der Waals surface area (Å²) in [5, 5.41) is 0. The second-order valence-corrected chi connectivity index (χ2v) is 10.4. The van der Waals surface area contributed by atoms with Crippen molar-refractivity contribution in [1.82, 2.24) is 9.21 Å². The smallest absolute Gasteiger partial charge is 0.280 e. The zero-order valence-corrected chi connectivity index (χ0v) is 17.7. The van der Waals surface area contributed by atoms with Crippen LogP contribution in [0.4, 0.5) is 4.39 Å². The van der Waals surface area contributed by atoms with Crippen LogP contribution < -0.4 is 4.90 Å². The maximum atomic E-state index is 13.4. The van der Waals surface area contributed by atoms with Gasteiger partial charge in [0, 0.05) is 13.1 Å². The summed E-state index contributed by atoms with van der Waals surface area (Å²) in [7, 11) is -3.70. The van der Waals surface area contributed by atoms with Gasteiger partial charge in [0.25, 0.3) is 5.91 Å². The number of likely N-dealkylation sites (tertiary alicyclic amines) is 1. The highest BCUT2D eigenvalue weighted by Gasteiger charge is 2.37. The molecule has 0 spiro atoms. The molecule has 2 saturated heterocycles. The van der Waals surface area contributed by atoms with Gasteiger partial charge in [-0.2, -0.15) is 4.31 Å². The minimum Gasteiger partial charge on any atom is -0.337 e. The molecule has 2 aliphatic rings. The molecule has 0 unspecified atom stereocenters. The normalized spacial score (nSPS) is 26.2. The summed E-state index contributed by atoms with van der Waals surface area (Å²) in [6, 6.07) is 4.93. The summed E-state index contributed by atoms with van der Waals surface area (Å²) in [6.45, 7) is 9.73. The number of sulfonamides is 1. The number of amides is 1. The Labute approximate surface area is 167 Å². The molecule has 156 valence electrons. The van der Waals surface area contributed by atoms with Gasteiger partial charge in [-0.25, -0.2) is 12.8 Å². The molecular weight excluding hydrogens is 381 g/mol. The summed E-state index contributed by atoms with van der Waals surface area (Å²) in [5.74, 6) is 0.635. The largest absolute Gasteiger partial charge is 0.337 e. The van der Waals surface area contributed by atoms with Crippen molar-refractivity contribution in [2.75, 3.05) is 39.3 Å². The Morgan fingerprint density at radius 1 is 1.18 bits per heavy atom. The summed E-state index contributed by atoms with van der Waals surface area (Å²) < 4.78 is 40.3. The van der Waals surface area contributed by atoms with Crippen LogP contribution in [0.15, 0.2) is 29.2 Å². The van der Waals surface area contributed by atoms with Crippen LogP contribution in [0.2, 0.25) is 0 Å². The zero-order chi connectivity index (χ0) is 20.5. The van der Waals surface area contributed by atoms with E-state index in [1.165, 1.54) is 22.5 Å². The Morgan fingerprint density at radius 3 is 2.36 bits per heavy atom. The third-order valence-corrected chi connectivity index (χ3v) is 7.86. The Bertz CT molecular complexity index is 799. The van der Waals surface area contributed by atoms with Gasteiger partial charge in [-0.15, -0.1) is 0 Å². The maximum Gasteiger partial charge on any atom is 0.280 e. The number of nitrogens with zero attached hydrogens (tertiary/aromatic N) is 2. The molecule has 3 atom stereocenters. The fourth-order valence-electron chi connectivity index (χ4n) is 4.51. The van der Waals surface area contributed by atoms with Crippen molar-refractivity contribution in [2.45, 2.75) is 38.1 Å². The number of quaternary nitrogens is 1. The van der Waals surface area contributed by atoms with E-state index in [9.17, 15) is 17.6 Å². The number of benzene rings is 1. The van der Waals surface area contributed by atoms with Gasteiger partial charge in [0.15, 0.2) is 6.04 Å². The van der Waals surface area contributed by atoms with Gasteiger partial charge in [-0.1, -0.05) is 19.9 Å². The van der Waals surface area contributed by atoms with E-state index >= 15 is 0 Å². The summed E-state index contributed by atoms with van der Waals surface area (Å²) in [5.41, 5.74) is 0. The first-order chi connectivity index (χ1) is 13.2. The van der Waals surface area contributed by atoms with Crippen LogP contribution in [0.5, 0.6) is 0 Å². The van der Waals surface area contributed by atoms with Crippen molar-refractivity contribution >= 4 is 15.9 Å². The molecule has 1 amide bonds. The Balaban J connectivity index is 1.61. The number of piperidine rings is 1.